The third-order valence-electron chi connectivity index (χ3n) is 3.04. The van der Waals surface area contributed by atoms with Crippen molar-refractivity contribution in [2.45, 2.75) is 6.92 Å². The van der Waals surface area contributed by atoms with Gasteiger partial charge in [-0.15, -0.1) is 0 Å². The molecular weight excluding hydrogens is 238 g/mol. The first kappa shape index (κ1) is 13.1. The Balaban J connectivity index is 2.30. The van der Waals surface area contributed by atoms with E-state index in [1.807, 2.05) is 43.3 Å². The van der Waals surface area contributed by atoms with Gasteiger partial charge in [-0.25, -0.2) is 0 Å². The van der Waals surface area contributed by atoms with Gasteiger partial charge in [0.2, 0.25) is 0 Å². The lowest BCUT2D eigenvalue weighted by molar-refractivity contribution is 0.0993. The van der Waals surface area contributed by atoms with E-state index >= 15 is 0 Å². The molecule has 0 atom stereocenters. The number of anilines is 2. The summed E-state index contributed by atoms with van der Waals surface area (Å²) >= 11 is 0. The summed E-state index contributed by atoms with van der Waals surface area (Å²) in [6, 6.07) is 15.0. The summed E-state index contributed by atoms with van der Waals surface area (Å²) in [5.41, 5.74) is 5.72. The number of nitrogens with one attached hydrogen (secondary N) is 1. The van der Waals surface area contributed by atoms with Crippen molar-refractivity contribution in [1.82, 2.24) is 0 Å². The van der Waals surface area contributed by atoms with Crippen molar-refractivity contribution in [1.29, 1.82) is 0 Å². The highest BCUT2D eigenvalue weighted by Crippen LogP contribution is 2.20. The molecule has 0 aromatic heterocycles. The number of carbonyl (C=O) groups is 1. The Hall–Kier alpha value is -2.33. The van der Waals surface area contributed by atoms with Crippen molar-refractivity contribution in [2.24, 2.45) is 5.84 Å². The van der Waals surface area contributed by atoms with Crippen LogP contribution in [0.5, 0.6) is 0 Å². The van der Waals surface area contributed by atoms with E-state index in [9.17, 15) is 4.79 Å². The molecule has 0 aliphatic heterocycles. The van der Waals surface area contributed by atoms with Crippen LogP contribution in [0.1, 0.15) is 15.9 Å². The van der Waals surface area contributed by atoms with E-state index in [1.54, 1.807) is 24.1 Å². The van der Waals surface area contributed by atoms with E-state index in [0.29, 0.717) is 11.3 Å². The lowest BCUT2D eigenvalue weighted by Crippen LogP contribution is -2.27. The van der Waals surface area contributed by atoms with Gasteiger partial charge in [-0.05, 0) is 31.2 Å². The Kier molecular flexibility index (Phi) is 3.82. The highest BCUT2D eigenvalue weighted by atomic mass is 16.2. The lowest BCUT2D eigenvalue weighted by Gasteiger charge is -2.19. The fraction of sp³-hybridized carbons (Fsp3) is 0.133. The van der Waals surface area contributed by atoms with Crippen LogP contribution in [0.3, 0.4) is 0 Å². The Labute approximate surface area is 112 Å². The lowest BCUT2D eigenvalue weighted by atomic mass is 10.1. The molecule has 0 saturated carbocycles. The summed E-state index contributed by atoms with van der Waals surface area (Å²) < 4.78 is 0. The maximum atomic E-state index is 12.4. The topological polar surface area (TPSA) is 58.4 Å². The molecule has 4 nitrogen and oxygen atoms in total. The normalized spacial score (nSPS) is 10.1. The van der Waals surface area contributed by atoms with Gasteiger partial charge >= 0.3 is 0 Å². The average molecular weight is 255 g/mol. The van der Waals surface area contributed by atoms with Crippen LogP contribution in [-0.2, 0) is 0 Å². The number of carbonyl (C=O) groups excluding carboxylic acids is 1. The molecule has 0 aliphatic carbocycles. The average Bonchev–Trinajstić information content (AvgIpc) is 2.46. The molecule has 1 amide bonds. The molecule has 2 aromatic rings. The van der Waals surface area contributed by atoms with Crippen LogP contribution < -0.4 is 16.2 Å². The van der Waals surface area contributed by atoms with Crippen LogP contribution in [0, 0.1) is 6.92 Å². The van der Waals surface area contributed by atoms with Crippen LogP contribution >= 0.6 is 0 Å². The Morgan fingerprint density at radius 3 is 2.37 bits per heavy atom. The SMILES string of the molecule is Cc1ccc(N(C)C(=O)c2ccccc2NN)cc1. The van der Waals surface area contributed by atoms with E-state index < -0.39 is 0 Å². The number of amides is 1. The fourth-order valence-corrected chi connectivity index (χ4v) is 1.86. The van der Waals surface area contributed by atoms with Crippen molar-refractivity contribution in [3.05, 3.63) is 59.7 Å². The van der Waals surface area contributed by atoms with Gasteiger partial charge in [-0.3, -0.25) is 10.6 Å². The molecule has 0 fully saturated rings. The van der Waals surface area contributed by atoms with Gasteiger partial charge in [0.1, 0.15) is 0 Å². The van der Waals surface area contributed by atoms with E-state index in [-0.39, 0.29) is 5.91 Å². The number of nitrogens with two attached hydrogens (primary N) is 1. The van der Waals surface area contributed by atoms with Crippen LogP contribution in [0.15, 0.2) is 48.5 Å². The van der Waals surface area contributed by atoms with Crippen molar-refractivity contribution in [3.63, 3.8) is 0 Å². The Morgan fingerprint density at radius 2 is 1.74 bits per heavy atom. The number of hydrogen-bond donors (Lipinski definition) is 2. The van der Waals surface area contributed by atoms with Crippen LogP contribution in [0.25, 0.3) is 0 Å². The van der Waals surface area contributed by atoms with Gasteiger partial charge < -0.3 is 10.3 Å². The summed E-state index contributed by atoms with van der Waals surface area (Å²) in [4.78, 5) is 14.0. The van der Waals surface area contributed by atoms with Crippen LogP contribution in [0.2, 0.25) is 0 Å². The van der Waals surface area contributed by atoms with E-state index in [1.165, 1.54) is 0 Å². The Morgan fingerprint density at radius 1 is 1.11 bits per heavy atom. The quantitative estimate of drug-likeness (QED) is 0.654. The molecule has 0 unspecified atom stereocenters. The molecule has 0 aliphatic rings. The molecule has 4 heteroatoms. The van der Waals surface area contributed by atoms with Gasteiger partial charge in [-0.2, -0.15) is 0 Å². The molecule has 2 aromatic carbocycles. The third kappa shape index (κ3) is 2.74. The van der Waals surface area contributed by atoms with Gasteiger partial charge in [0.15, 0.2) is 0 Å². The minimum Gasteiger partial charge on any atom is -0.323 e. The van der Waals surface area contributed by atoms with Crippen molar-refractivity contribution >= 4 is 17.3 Å². The van der Waals surface area contributed by atoms with Gasteiger partial charge in [0.25, 0.3) is 5.91 Å². The molecule has 0 heterocycles. The van der Waals surface area contributed by atoms with Gasteiger partial charge in [-0.1, -0.05) is 29.8 Å². The van der Waals surface area contributed by atoms with Crippen LogP contribution in [-0.4, -0.2) is 13.0 Å². The van der Waals surface area contributed by atoms with Crippen molar-refractivity contribution in [2.75, 3.05) is 17.4 Å². The molecule has 19 heavy (non-hydrogen) atoms. The zero-order chi connectivity index (χ0) is 13.8. The smallest absolute Gasteiger partial charge is 0.260 e. The van der Waals surface area contributed by atoms with E-state index in [4.69, 9.17) is 5.84 Å². The molecule has 3 N–H and O–H groups in total. The molecule has 0 bridgehead atoms. The monoisotopic (exact) mass is 255 g/mol. The fourth-order valence-electron chi connectivity index (χ4n) is 1.86. The number of aryl methyl sites for hydroxylation is 1. The molecular formula is C15H17N3O. The first-order chi connectivity index (χ1) is 9.13. The predicted octanol–water partition coefficient (Wildman–Crippen LogP) is 2.56. The number of hydrazine groups is 1. The largest absolute Gasteiger partial charge is 0.323 e. The molecule has 0 spiro atoms. The first-order valence-corrected chi connectivity index (χ1v) is 6.04. The molecule has 0 saturated heterocycles. The number of hydrogen-bond acceptors (Lipinski definition) is 3. The summed E-state index contributed by atoms with van der Waals surface area (Å²) in [6.45, 7) is 2.01. The highest BCUT2D eigenvalue weighted by Gasteiger charge is 2.16. The Bertz CT molecular complexity index is 578. The third-order valence-corrected chi connectivity index (χ3v) is 3.04. The predicted molar refractivity (Wildman–Crippen MR) is 78.2 cm³/mol. The molecule has 0 radical (unpaired) electrons. The number of nitrogen functional groups attached to an aromatic ring is 1. The highest BCUT2D eigenvalue weighted by molar-refractivity contribution is 6.09. The zero-order valence-corrected chi connectivity index (χ0v) is 11.1. The second-order valence-electron chi connectivity index (χ2n) is 4.39. The standard InChI is InChI=1S/C15H17N3O/c1-11-7-9-12(10-8-11)18(2)15(19)13-5-3-4-6-14(13)17-16/h3-10,17H,16H2,1-2H3. The number of para-hydroxylation sites is 1. The summed E-state index contributed by atoms with van der Waals surface area (Å²) in [7, 11) is 1.75. The summed E-state index contributed by atoms with van der Waals surface area (Å²) in [6.07, 6.45) is 0. The minimum absolute atomic E-state index is 0.0996. The van der Waals surface area contributed by atoms with Crippen molar-refractivity contribution in [3.8, 4) is 0 Å². The summed E-state index contributed by atoms with van der Waals surface area (Å²) in [5.74, 6) is 5.33. The molecule has 2 rings (SSSR count). The van der Waals surface area contributed by atoms with E-state index in [0.717, 1.165) is 11.3 Å². The van der Waals surface area contributed by atoms with E-state index in [2.05, 4.69) is 5.43 Å². The zero-order valence-electron chi connectivity index (χ0n) is 11.1. The van der Waals surface area contributed by atoms with Crippen LogP contribution in [0.4, 0.5) is 11.4 Å². The minimum atomic E-state index is -0.0996. The van der Waals surface area contributed by atoms with Crippen molar-refractivity contribution < 1.29 is 4.79 Å². The first-order valence-electron chi connectivity index (χ1n) is 6.04. The number of nitrogens with zero attached hydrogens (tertiary/aromatic N) is 1. The maximum Gasteiger partial charge on any atom is 0.260 e. The van der Waals surface area contributed by atoms with Gasteiger partial charge in [0.05, 0.1) is 11.3 Å². The van der Waals surface area contributed by atoms with Gasteiger partial charge in [0, 0.05) is 12.7 Å². The summed E-state index contributed by atoms with van der Waals surface area (Å²) in [5, 5.41) is 0. The second-order valence-corrected chi connectivity index (χ2v) is 4.39. The maximum absolute atomic E-state index is 12.4. The number of benzene rings is 2. The molecule has 98 valence electrons. The second kappa shape index (κ2) is 5.54. The number of rotatable bonds is 3.